The molecule has 0 unspecified atom stereocenters. The van der Waals surface area contributed by atoms with E-state index in [2.05, 4.69) is 14.7 Å². The highest BCUT2D eigenvalue weighted by atomic mass is 35.5. The number of nitrogens with zero attached hydrogens (tertiary/aromatic N) is 2. The lowest BCUT2D eigenvalue weighted by atomic mass is 10.0. The molecule has 0 amide bonds. The third kappa shape index (κ3) is 4.27. The summed E-state index contributed by atoms with van der Waals surface area (Å²) in [7, 11) is -4.59. The molecule has 0 bridgehead atoms. The fourth-order valence-corrected chi connectivity index (χ4v) is 4.81. The van der Waals surface area contributed by atoms with Gasteiger partial charge in [0, 0.05) is 6.20 Å². The summed E-state index contributed by atoms with van der Waals surface area (Å²) < 4.78 is 67.7. The van der Waals surface area contributed by atoms with E-state index >= 15 is 0 Å². The molecule has 4 aromatic rings. The molecule has 0 aliphatic rings. The summed E-state index contributed by atoms with van der Waals surface area (Å²) >= 11 is 11.7. The molecule has 0 aliphatic carbocycles. The second kappa shape index (κ2) is 8.46. The Kier molecular flexibility index (Phi) is 5.92. The van der Waals surface area contributed by atoms with Gasteiger partial charge in [0.15, 0.2) is 0 Å². The Labute approximate surface area is 199 Å². The number of hydrogen-bond donors (Lipinski definition) is 2. The van der Waals surface area contributed by atoms with Crippen LogP contribution in [0.1, 0.15) is 21.6 Å². The van der Waals surface area contributed by atoms with Crippen molar-refractivity contribution < 1.29 is 31.1 Å². The Hall–Kier alpha value is -3.35. The average Bonchev–Trinajstić information content (AvgIpc) is 3.23. The second-order valence-corrected chi connectivity index (χ2v) is 9.39. The molecular formula is C20H11Cl2F3N4O4S. The lowest BCUT2D eigenvalue weighted by Gasteiger charge is -2.14. The van der Waals surface area contributed by atoms with Crippen molar-refractivity contribution in [2.75, 3.05) is 4.72 Å². The number of fused-ring (bicyclic) bond motifs is 1. The number of ketones is 1. The first kappa shape index (κ1) is 23.8. The van der Waals surface area contributed by atoms with Crippen molar-refractivity contribution in [3.8, 4) is 0 Å². The van der Waals surface area contributed by atoms with Crippen LogP contribution in [0.2, 0.25) is 10.0 Å². The van der Waals surface area contributed by atoms with Crippen LogP contribution < -0.4 is 9.45 Å². The monoisotopic (exact) mass is 530 g/mol. The van der Waals surface area contributed by atoms with Gasteiger partial charge in [0.05, 0.1) is 43.3 Å². The predicted molar refractivity (Wildman–Crippen MR) is 117 cm³/mol. The fourth-order valence-electron chi connectivity index (χ4n) is 3.22. The van der Waals surface area contributed by atoms with Crippen LogP contribution in [-0.2, 0) is 16.2 Å². The number of pyridine rings is 2. The molecule has 176 valence electrons. The molecule has 0 spiro atoms. The number of rotatable bonds is 5. The van der Waals surface area contributed by atoms with Crippen molar-refractivity contribution in [3.63, 3.8) is 0 Å². The first-order valence-electron chi connectivity index (χ1n) is 9.18. The topological polar surface area (TPSA) is 119 Å². The van der Waals surface area contributed by atoms with Gasteiger partial charge in [-0.05, 0) is 36.4 Å². The molecule has 4 rings (SSSR count). The number of sulfonamides is 1. The molecule has 8 nitrogen and oxygen atoms in total. The van der Waals surface area contributed by atoms with Gasteiger partial charge in [-0.3, -0.25) is 14.5 Å². The molecule has 0 saturated carbocycles. The summed E-state index contributed by atoms with van der Waals surface area (Å²) in [5, 5.41) is 11.3. The van der Waals surface area contributed by atoms with E-state index in [1.54, 1.807) is 0 Å². The number of carbonyl (C=O) groups is 1. The Bertz CT molecular complexity index is 1560. The zero-order chi connectivity index (χ0) is 24.8. The molecule has 1 aromatic carbocycles. The maximum absolute atomic E-state index is 13.3. The van der Waals surface area contributed by atoms with E-state index in [1.807, 2.05) is 0 Å². The molecule has 0 radical (unpaired) electrons. The molecular weight excluding hydrogens is 520 g/mol. The molecule has 3 aromatic heterocycles. The molecule has 34 heavy (non-hydrogen) atoms. The molecule has 0 saturated heterocycles. The number of anilines is 1. The van der Waals surface area contributed by atoms with E-state index in [0.29, 0.717) is 10.8 Å². The molecule has 2 N–H and O–H groups in total. The minimum Gasteiger partial charge on any atom is -0.711 e. The Morgan fingerprint density at radius 1 is 1.15 bits per heavy atom. The number of aromatic amines is 1. The standard InChI is InChI=1S/C20H11Cl2F3N4O4S/c21-13-4-3-10(8-12(13)20(23,24)25)34(32,33)28-15-2-1-6-26-17(15)18(30)16-11-5-7-27-19(11)29(31)9-14(16)22/h1-9,27-28H. The van der Waals surface area contributed by atoms with Gasteiger partial charge in [0.2, 0.25) is 5.78 Å². The zero-order valence-corrected chi connectivity index (χ0v) is 18.8. The van der Waals surface area contributed by atoms with Gasteiger partial charge < -0.3 is 5.21 Å². The van der Waals surface area contributed by atoms with E-state index in [0.717, 1.165) is 18.3 Å². The maximum atomic E-state index is 13.3. The summed E-state index contributed by atoms with van der Waals surface area (Å²) in [5.41, 5.74) is -2.11. The van der Waals surface area contributed by atoms with Crippen LogP contribution in [0.15, 0.2) is 59.9 Å². The lowest BCUT2D eigenvalue weighted by Crippen LogP contribution is -2.28. The largest absolute Gasteiger partial charge is 0.711 e. The fraction of sp³-hybridized carbons (Fsp3) is 0.0500. The minimum atomic E-state index is -4.89. The summed E-state index contributed by atoms with van der Waals surface area (Å²) in [5.74, 6) is -0.819. The van der Waals surface area contributed by atoms with Crippen molar-refractivity contribution in [1.82, 2.24) is 9.97 Å². The highest BCUT2D eigenvalue weighted by molar-refractivity contribution is 7.92. The van der Waals surface area contributed by atoms with Crippen molar-refractivity contribution in [2.24, 2.45) is 0 Å². The third-order valence-corrected chi connectivity index (χ3v) is 6.71. The summed E-state index contributed by atoms with van der Waals surface area (Å²) in [6.45, 7) is 0. The highest BCUT2D eigenvalue weighted by Gasteiger charge is 2.35. The Morgan fingerprint density at radius 3 is 2.59 bits per heavy atom. The molecule has 0 atom stereocenters. The molecule has 3 heterocycles. The highest BCUT2D eigenvalue weighted by Crippen LogP contribution is 2.36. The van der Waals surface area contributed by atoms with Crippen molar-refractivity contribution in [3.05, 3.63) is 87.1 Å². The normalized spacial score (nSPS) is 12.1. The third-order valence-electron chi connectivity index (χ3n) is 4.73. The van der Waals surface area contributed by atoms with Crippen molar-refractivity contribution >= 4 is 55.7 Å². The van der Waals surface area contributed by atoms with Crippen LogP contribution in [0.25, 0.3) is 11.0 Å². The van der Waals surface area contributed by atoms with E-state index in [9.17, 15) is 31.6 Å². The number of alkyl halides is 3. The first-order valence-corrected chi connectivity index (χ1v) is 11.4. The predicted octanol–water partition coefficient (Wildman–Crippen LogP) is 4.55. The van der Waals surface area contributed by atoms with Crippen LogP contribution in [0.4, 0.5) is 18.9 Å². The van der Waals surface area contributed by atoms with E-state index in [4.69, 9.17) is 23.2 Å². The number of hydrogen-bond acceptors (Lipinski definition) is 5. The van der Waals surface area contributed by atoms with Crippen LogP contribution >= 0.6 is 23.2 Å². The van der Waals surface area contributed by atoms with Crippen LogP contribution in [0, 0.1) is 5.21 Å². The number of benzene rings is 1. The summed E-state index contributed by atoms with van der Waals surface area (Å²) in [4.78, 5) is 19.1. The molecule has 0 fully saturated rings. The first-order chi connectivity index (χ1) is 15.9. The van der Waals surface area contributed by atoms with Gasteiger partial charge in [-0.15, -0.1) is 0 Å². The van der Waals surface area contributed by atoms with Crippen molar-refractivity contribution in [2.45, 2.75) is 11.1 Å². The van der Waals surface area contributed by atoms with Crippen LogP contribution in [0.5, 0.6) is 0 Å². The SMILES string of the molecule is O=C(c1ncccc1NS(=O)(=O)c1ccc(Cl)c(C(F)(F)F)c1)c1c(Cl)c[n+]([O-])c2[nH]ccc12. The Morgan fingerprint density at radius 2 is 1.88 bits per heavy atom. The number of nitrogens with one attached hydrogen (secondary N) is 2. The van der Waals surface area contributed by atoms with Crippen LogP contribution in [-0.4, -0.2) is 24.2 Å². The summed E-state index contributed by atoms with van der Waals surface area (Å²) in [6, 6.07) is 6.04. The quantitative estimate of drug-likeness (QED) is 0.223. The van der Waals surface area contributed by atoms with Crippen LogP contribution in [0.3, 0.4) is 0 Å². The number of carbonyl (C=O) groups excluding carboxylic acids is 1. The Balaban J connectivity index is 1.78. The van der Waals surface area contributed by atoms with Gasteiger partial charge in [-0.25, -0.2) is 18.1 Å². The van der Waals surface area contributed by atoms with E-state index in [1.165, 1.54) is 30.6 Å². The summed E-state index contributed by atoms with van der Waals surface area (Å²) in [6.07, 6.45) is -1.31. The zero-order valence-electron chi connectivity index (χ0n) is 16.5. The van der Waals surface area contributed by atoms with Gasteiger partial charge in [0.25, 0.3) is 15.7 Å². The van der Waals surface area contributed by atoms with Gasteiger partial charge >= 0.3 is 6.18 Å². The second-order valence-electron chi connectivity index (χ2n) is 6.89. The van der Waals surface area contributed by atoms with E-state index in [-0.39, 0.29) is 33.0 Å². The number of aromatic nitrogens is 3. The lowest BCUT2D eigenvalue weighted by molar-refractivity contribution is -0.578. The minimum absolute atomic E-state index is 0.0339. The molecule has 0 aliphatic heterocycles. The van der Waals surface area contributed by atoms with E-state index < -0.39 is 37.5 Å². The van der Waals surface area contributed by atoms with Crippen molar-refractivity contribution in [1.29, 1.82) is 0 Å². The van der Waals surface area contributed by atoms with Gasteiger partial charge in [-0.2, -0.15) is 13.2 Å². The number of halogens is 5. The smallest absolute Gasteiger partial charge is 0.417 e. The maximum Gasteiger partial charge on any atom is 0.417 e. The van der Waals surface area contributed by atoms with Gasteiger partial charge in [-0.1, -0.05) is 23.2 Å². The molecule has 14 heteroatoms. The average molecular weight is 531 g/mol. The van der Waals surface area contributed by atoms with Gasteiger partial charge in [0.1, 0.15) is 11.9 Å². The number of H-pyrrole nitrogens is 1.